The molecule has 1 aromatic carbocycles. The third kappa shape index (κ3) is 3.24. The van der Waals surface area contributed by atoms with Crippen molar-refractivity contribution in [2.45, 2.75) is 39.2 Å². The molecule has 2 rings (SSSR count). The summed E-state index contributed by atoms with van der Waals surface area (Å²) in [5.74, 6) is -0.295. The van der Waals surface area contributed by atoms with Gasteiger partial charge in [0.2, 0.25) is 0 Å². The molecule has 0 aliphatic heterocycles. The standard InChI is InChI=1S/C16H20O3/c1-3-19-16(18)15-10-13(17)8-9-14(15)12-6-4-11(2)5-7-12/h4-7,13,17H,3,8-10H2,1-2H3. The van der Waals surface area contributed by atoms with Crippen LogP contribution in [0.1, 0.15) is 37.3 Å². The first-order chi connectivity index (χ1) is 9.11. The van der Waals surface area contributed by atoms with E-state index < -0.39 is 6.10 Å². The van der Waals surface area contributed by atoms with Crippen molar-refractivity contribution in [2.24, 2.45) is 0 Å². The zero-order valence-corrected chi connectivity index (χ0v) is 11.5. The van der Waals surface area contributed by atoms with Crippen LogP contribution in [0, 0.1) is 6.92 Å². The highest BCUT2D eigenvalue weighted by molar-refractivity contribution is 5.98. The third-order valence-electron chi connectivity index (χ3n) is 3.45. The molecule has 0 aromatic heterocycles. The molecule has 19 heavy (non-hydrogen) atoms. The van der Waals surface area contributed by atoms with Crippen LogP contribution in [0.25, 0.3) is 5.57 Å². The molecule has 102 valence electrons. The molecule has 1 N–H and O–H groups in total. The minimum Gasteiger partial charge on any atom is -0.463 e. The second kappa shape index (κ2) is 6.02. The molecule has 3 heteroatoms. The first-order valence-electron chi connectivity index (χ1n) is 6.76. The Bertz CT molecular complexity index is 485. The first-order valence-corrected chi connectivity index (χ1v) is 6.76. The zero-order chi connectivity index (χ0) is 13.8. The predicted octanol–water partition coefficient (Wildman–Crippen LogP) is 2.86. The number of benzene rings is 1. The lowest BCUT2D eigenvalue weighted by Crippen LogP contribution is -2.21. The highest BCUT2D eigenvalue weighted by Gasteiger charge is 2.25. The quantitative estimate of drug-likeness (QED) is 0.850. The van der Waals surface area contributed by atoms with Crippen molar-refractivity contribution in [3.8, 4) is 0 Å². The van der Waals surface area contributed by atoms with Gasteiger partial charge in [-0.25, -0.2) is 4.79 Å². The number of rotatable bonds is 3. The summed E-state index contributed by atoms with van der Waals surface area (Å²) in [6, 6.07) is 8.13. The number of hydrogen-bond donors (Lipinski definition) is 1. The van der Waals surface area contributed by atoms with Crippen molar-refractivity contribution < 1.29 is 14.6 Å². The summed E-state index contributed by atoms with van der Waals surface area (Å²) in [4.78, 5) is 12.0. The molecule has 0 heterocycles. The Hall–Kier alpha value is -1.61. The largest absolute Gasteiger partial charge is 0.463 e. The average molecular weight is 260 g/mol. The predicted molar refractivity (Wildman–Crippen MR) is 74.6 cm³/mol. The van der Waals surface area contributed by atoms with E-state index in [2.05, 4.69) is 0 Å². The van der Waals surface area contributed by atoms with E-state index in [-0.39, 0.29) is 5.97 Å². The summed E-state index contributed by atoms with van der Waals surface area (Å²) >= 11 is 0. The van der Waals surface area contributed by atoms with Crippen LogP contribution in [-0.4, -0.2) is 23.8 Å². The number of aryl methyl sites for hydroxylation is 1. The lowest BCUT2D eigenvalue weighted by atomic mass is 9.85. The van der Waals surface area contributed by atoms with E-state index in [1.807, 2.05) is 31.2 Å². The second-order valence-electron chi connectivity index (χ2n) is 4.94. The van der Waals surface area contributed by atoms with Gasteiger partial charge >= 0.3 is 5.97 Å². The SMILES string of the molecule is CCOC(=O)C1=C(c2ccc(C)cc2)CCC(O)C1. The van der Waals surface area contributed by atoms with E-state index in [1.165, 1.54) is 5.56 Å². The Balaban J connectivity index is 2.38. The number of hydrogen-bond acceptors (Lipinski definition) is 3. The van der Waals surface area contributed by atoms with Crippen molar-refractivity contribution in [1.29, 1.82) is 0 Å². The Kier molecular flexibility index (Phi) is 4.38. The molecule has 0 spiro atoms. The van der Waals surface area contributed by atoms with Crippen LogP contribution in [0.4, 0.5) is 0 Å². The van der Waals surface area contributed by atoms with Gasteiger partial charge in [0.25, 0.3) is 0 Å². The smallest absolute Gasteiger partial charge is 0.334 e. The van der Waals surface area contributed by atoms with E-state index >= 15 is 0 Å². The van der Waals surface area contributed by atoms with Gasteiger partial charge in [0.15, 0.2) is 0 Å². The molecule has 0 saturated heterocycles. The normalized spacial score (nSPS) is 19.4. The highest BCUT2D eigenvalue weighted by Crippen LogP contribution is 2.33. The molecule has 0 saturated carbocycles. The minimum atomic E-state index is -0.436. The number of ether oxygens (including phenoxy) is 1. The maximum Gasteiger partial charge on any atom is 0.334 e. The van der Waals surface area contributed by atoms with E-state index in [0.717, 1.165) is 17.6 Å². The second-order valence-corrected chi connectivity index (χ2v) is 4.94. The van der Waals surface area contributed by atoms with Crippen LogP contribution in [0.2, 0.25) is 0 Å². The van der Waals surface area contributed by atoms with Gasteiger partial charge in [-0.1, -0.05) is 29.8 Å². The van der Waals surface area contributed by atoms with E-state index in [0.29, 0.717) is 25.0 Å². The molecule has 0 fully saturated rings. The van der Waals surface area contributed by atoms with Gasteiger partial charge in [0.05, 0.1) is 12.7 Å². The summed E-state index contributed by atoms with van der Waals surface area (Å²) in [7, 11) is 0. The van der Waals surface area contributed by atoms with Crippen LogP contribution in [0.15, 0.2) is 29.8 Å². The van der Waals surface area contributed by atoms with Gasteiger partial charge in [-0.05, 0) is 37.8 Å². The average Bonchev–Trinajstić information content (AvgIpc) is 2.40. The number of aliphatic hydroxyl groups is 1. The number of esters is 1. The molecule has 1 atom stereocenters. The van der Waals surface area contributed by atoms with Crippen LogP contribution < -0.4 is 0 Å². The van der Waals surface area contributed by atoms with Crippen LogP contribution in [0.5, 0.6) is 0 Å². The van der Waals surface area contributed by atoms with Crippen molar-refractivity contribution in [3.63, 3.8) is 0 Å². The van der Waals surface area contributed by atoms with Crippen LogP contribution in [0.3, 0.4) is 0 Å². The van der Waals surface area contributed by atoms with E-state index in [4.69, 9.17) is 4.74 Å². The lowest BCUT2D eigenvalue weighted by Gasteiger charge is -2.23. The summed E-state index contributed by atoms with van der Waals surface area (Å²) in [5, 5.41) is 9.76. The number of carbonyl (C=O) groups is 1. The lowest BCUT2D eigenvalue weighted by molar-refractivity contribution is -0.139. The van der Waals surface area contributed by atoms with Gasteiger partial charge in [-0.15, -0.1) is 0 Å². The zero-order valence-electron chi connectivity index (χ0n) is 11.5. The molecule has 1 aliphatic carbocycles. The monoisotopic (exact) mass is 260 g/mol. The summed E-state index contributed by atoms with van der Waals surface area (Å²) in [6.07, 6.45) is 1.38. The molecule has 1 unspecified atom stereocenters. The fraction of sp³-hybridized carbons (Fsp3) is 0.438. The van der Waals surface area contributed by atoms with Gasteiger partial charge in [0, 0.05) is 12.0 Å². The maximum absolute atomic E-state index is 12.0. The van der Waals surface area contributed by atoms with Crippen molar-refractivity contribution >= 4 is 11.5 Å². The molecule has 3 nitrogen and oxygen atoms in total. The Morgan fingerprint density at radius 2 is 2.05 bits per heavy atom. The van der Waals surface area contributed by atoms with Gasteiger partial charge in [0.1, 0.15) is 0 Å². The van der Waals surface area contributed by atoms with Gasteiger partial charge in [-0.2, -0.15) is 0 Å². The topological polar surface area (TPSA) is 46.5 Å². The summed E-state index contributed by atoms with van der Waals surface area (Å²) < 4.78 is 5.10. The van der Waals surface area contributed by atoms with Crippen LogP contribution in [-0.2, 0) is 9.53 Å². The number of allylic oxidation sites excluding steroid dienone is 1. The maximum atomic E-state index is 12.0. The molecule has 0 amide bonds. The molecule has 1 aliphatic rings. The molecule has 0 radical (unpaired) electrons. The Morgan fingerprint density at radius 3 is 2.68 bits per heavy atom. The minimum absolute atomic E-state index is 0.295. The van der Waals surface area contributed by atoms with Gasteiger partial charge in [-0.3, -0.25) is 0 Å². The number of aliphatic hydroxyl groups excluding tert-OH is 1. The van der Waals surface area contributed by atoms with Crippen LogP contribution >= 0.6 is 0 Å². The van der Waals surface area contributed by atoms with Crippen molar-refractivity contribution in [2.75, 3.05) is 6.61 Å². The molecule has 0 bridgehead atoms. The first kappa shape index (κ1) is 13.8. The summed E-state index contributed by atoms with van der Waals surface area (Å²) in [6.45, 7) is 4.19. The van der Waals surface area contributed by atoms with Crippen molar-refractivity contribution in [1.82, 2.24) is 0 Å². The third-order valence-corrected chi connectivity index (χ3v) is 3.45. The Morgan fingerprint density at radius 1 is 1.37 bits per heavy atom. The van der Waals surface area contributed by atoms with E-state index in [1.54, 1.807) is 6.92 Å². The number of carbonyl (C=O) groups excluding carboxylic acids is 1. The van der Waals surface area contributed by atoms with Gasteiger partial charge < -0.3 is 9.84 Å². The molecular weight excluding hydrogens is 240 g/mol. The van der Waals surface area contributed by atoms with Crippen molar-refractivity contribution in [3.05, 3.63) is 41.0 Å². The Labute approximate surface area is 113 Å². The fourth-order valence-corrected chi connectivity index (χ4v) is 2.42. The molecular formula is C16H20O3. The summed E-state index contributed by atoms with van der Waals surface area (Å²) in [5.41, 5.74) is 3.90. The van der Waals surface area contributed by atoms with E-state index in [9.17, 15) is 9.90 Å². The fourth-order valence-electron chi connectivity index (χ4n) is 2.42. The highest BCUT2D eigenvalue weighted by atomic mass is 16.5. The molecule has 1 aromatic rings.